The fraction of sp³-hybridized carbons (Fsp3) is 0.750. The van der Waals surface area contributed by atoms with E-state index in [2.05, 4.69) is 0 Å². The number of alkyl halides is 6. The van der Waals surface area contributed by atoms with Crippen LogP contribution in [-0.4, -0.2) is 7.59 Å². The summed E-state index contributed by atoms with van der Waals surface area (Å²) in [5.74, 6) is -1.29. The molecule has 1 nitrogen and oxygen atoms in total. The lowest BCUT2D eigenvalue weighted by Crippen LogP contribution is -2.30. The molecule has 0 heterocycles. The second-order valence-electron chi connectivity index (χ2n) is 1.65. The van der Waals surface area contributed by atoms with Crippen LogP contribution in [0.2, 0.25) is 0 Å². The van der Waals surface area contributed by atoms with Crippen molar-refractivity contribution in [3.8, 4) is 6.07 Å². The van der Waals surface area contributed by atoms with Gasteiger partial charge in [-0.25, -0.2) is 0 Å². The number of nitriles is 1. The summed E-state index contributed by atoms with van der Waals surface area (Å²) in [6.07, 6.45) is 0. The summed E-state index contributed by atoms with van der Waals surface area (Å²) in [6, 6.07) is 1.59. The number of rotatable bonds is 0. The van der Waals surface area contributed by atoms with Crippen LogP contribution in [0.25, 0.3) is 0 Å². The molecule has 0 N–H and O–H groups in total. The zero-order valence-corrected chi connectivity index (χ0v) is 9.33. The van der Waals surface area contributed by atoms with E-state index in [9.17, 15) is 0 Å². The minimum atomic E-state index is -1.89. The van der Waals surface area contributed by atoms with Crippen LogP contribution in [0.5, 0.6) is 0 Å². The van der Waals surface area contributed by atoms with Crippen LogP contribution in [0.15, 0.2) is 0 Å². The monoisotopic (exact) mass is 273 g/mol. The van der Waals surface area contributed by atoms with Gasteiger partial charge in [0.05, 0.1) is 6.07 Å². The van der Waals surface area contributed by atoms with Crippen LogP contribution < -0.4 is 0 Å². The average Bonchev–Trinajstić information content (AvgIpc) is 1.56. The van der Waals surface area contributed by atoms with Crippen LogP contribution in [0, 0.1) is 17.2 Å². The van der Waals surface area contributed by atoms with Gasteiger partial charge in [0.2, 0.25) is 7.59 Å². The molecule has 0 aliphatic carbocycles. The SMILES string of the molecule is N#CC(C(Cl)(Cl)Cl)C(Cl)(Cl)Cl. The molecule has 0 fully saturated rings. The summed E-state index contributed by atoms with van der Waals surface area (Å²) in [5, 5.41) is 8.44. The average molecular weight is 276 g/mol. The fourth-order valence-electron chi connectivity index (χ4n) is 0.332. The highest BCUT2D eigenvalue weighted by molar-refractivity contribution is 6.72. The van der Waals surface area contributed by atoms with Gasteiger partial charge >= 0.3 is 0 Å². The minimum Gasteiger partial charge on any atom is -0.198 e. The van der Waals surface area contributed by atoms with Crippen molar-refractivity contribution < 1.29 is 0 Å². The van der Waals surface area contributed by atoms with Crippen molar-refractivity contribution in [1.29, 1.82) is 5.26 Å². The molecule has 0 saturated heterocycles. The van der Waals surface area contributed by atoms with Gasteiger partial charge in [-0.3, -0.25) is 0 Å². The zero-order valence-electron chi connectivity index (χ0n) is 4.79. The Morgan fingerprint density at radius 1 is 0.909 bits per heavy atom. The van der Waals surface area contributed by atoms with Crippen molar-refractivity contribution in [2.45, 2.75) is 7.59 Å². The standard InChI is InChI=1S/C4HCl6N/c5-3(6,7)2(1-11)4(8,9)10/h2H. The predicted molar refractivity (Wildman–Crippen MR) is 49.7 cm³/mol. The van der Waals surface area contributed by atoms with E-state index in [1.165, 1.54) is 0 Å². The van der Waals surface area contributed by atoms with E-state index in [0.29, 0.717) is 0 Å². The molecular formula is C4HCl6N. The van der Waals surface area contributed by atoms with Gasteiger partial charge in [-0.05, 0) is 0 Å². The largest absolute Gasteiger partial charge is 0.210 e. The van der Waals surface area contributed by atoms with E-state index in [1.807, 2.05) is 0 Å². The van der Waals surface area contributed by atoms with Crippen molar-refractivity contribution in [2.24, 2.45) is 5.92 Å². The maximum atomic E-state index is 8.44. The Morgan fingerprint density at radius 3 is 1.18 bits per heavy atom. The lowest BCUT2D eigenvalue weighted by molar-refractivity contribution is 0.703. The number of nitrogens with zero attached hydrogens (tertiary/aromatic N) is 1. The van der Waals surface area contributed by atoms with Gasteiger partial charge in [0, 0.05) is 0 Å². The molecule has 0 aromatic heterocycles. The van der Waals surface area contributed by atoms with E-state index >= 15 is 0 Å². The van der Waals surface area contributed by atoms with Gasteiger partial charge in [-0.15, -0.1) is 0 Å². The summed E-state index contributed by atoms with van der Waals surface area (Å²) in [7, 11) is 0. The second kappa shape index (κ2) is 3.96. The zero-order chi connectivity index (χ0) is 9.28. The van der Waals surface area contributed by atoms with Crippen molar-refractivity contribution in [1.82, 2.24) is 0 Å². The van der Waals surface area contributed by atoms with Gasteiger partial charge in [0.1, 0.15) is 5.92 Å². The smallest absolute Gasteiger partial charge is 0.198 e. The summed E-state index contributed by atoms with van der Waals surface area (Å²) in [4.78, 5) is 0. The molecule has 0 rings (SSSR count). The third-order valence-electron chi connectivity index (χ3n) is 0.784. The van der Waals surface area contributed by atoms with E-state index in [4.69, 9.17) is 74.9 Å². The minimum absolute atomic E-state index is 1.29. The maximum absolute atomic E-state index is 8.44. The normalized spacial score (nSPS) is 13.3. The van der Waals surface area contributed by atoms with Crippen LogP contribution in [-0.2, 0) is 0 Å². The van der Waals surface area contributed by atoms with E-state index < -0.39 is 13.5 Å². The summed E-state index contributed by atoms with van der Waals surface area (Å²) < 4.78 is -3.78. The molecule has 0 radical (unpaired) electrons. The molecule has 0 amide bonds. The third kappa shape index (κ3) is 4.12. The van der Waals surface area contributed by atoms with Crippen LogP contribution >= 0.6 is 69.6 Å². The van der Waals surface area contributed by atoms with Crippen molar-refractivity contribution in [3.05, 3.63) is 0 Å². The van der Waals surface area contributed by atoms with Crippen molar-refractivity contribution in [3.63, 3.8) is 0 Å². The molecule has 0 bridgehead atoms. The Kier molecular flexibility index (Phi) is 4.40. The van der Waals surface area contributed by atoms with Crippen LogP contribution in [0.4, 0.5) is 0 Å². The van der Waals surface area contributed by atoms with Gasteiger partial charge in [-0.1, -0.05) is 69.6 Å². The summed E-state index contributed by atoms with van der Waals surface area (Å²) in [6.45, 7) is 0. The first-order valence-corrected chi connectivity index (χ1v) is 4.49. The van der Waals surface area contributed by atoms with Gasteiger partial charge in [0.15, 0.2) is 0 Å². The molecule has 11 heavy (non-hydrogen) atoms. The molecule has 0 aliphatic heterocycles. The highest BCUT2D eigenvalue weighted by atomic mass is 35.6. The molecule has 7 heteroatoms. The maximum Gasteiger partial charge on any atom is 0.210 e. The summed E-state index contributed by atoms with van der Waals surface area (Å²) >= 11 is 32.0. The third-order valence-corrected chi connectivity index (χ3v) is 2.09. The van der Waals surface area contributed by atoms with Crippen molar-refractivity contribution >= 4 is 69.6 Å². The lowest BCUT2D eigenvalue weighted by Gasteiger charge is -2.23. The molecular weight excluding hydrogens is 275 g/mol. The number of halogens is 6. The highest BCUT2D eigenvalue weighted by Gasteiger charge is 2.46. The summed E-state index contributed by atoms with van der Waals surface area (Å²) in [5.41, 5.74) is 0. The predicted octanol–water partition coefficient (Wildman–Crippen LogP) is 3.87. The second-order valence-corrected chi connectivity index (χ2v) is 6.38. The Bertz CT molecular complexity index is 156. The molecule has 0 unspecified atom stereocenters. The first-order valence-electron chi connectivity index (χ1n) is 2.22. The lowest BCUT2D eigenvalue weighted by atomic mass is 10.2. The molecule has 64 valence electrons. The molecule has 0 aromatic rings. The van der Waals surface area contributed by atoms with Crippen LogP contribution in [0.3, 0.4) is 0 Å². The fourth-order valence-corrected chi connectivity index (χ4v) is 2.11. The van der Waals surface area contributed by atoms with Crippen molar-refractivity contribution in [2.75, 3.05) is 0 Å². The van der Waals surface area contributed by atoms with E-state index in [0.717, 1.165) is 0 Å². The molecule has 0 aromatic carbocycles. The molecule has 0 aliphatic rings. The Morgan fingerprint density at radius 2 is 1.18 bits per heavy atom. The molecule has 0 spiro atoms. The van der Waals surface area contributed by atoms with E-state index in [1.54, 1.807) is 6.07 Å². The first kappa shape index (κ1) is 12.2. The van der Waals surface area contributed by atoms with Gasteiger partial charge < -0.3 is 0 Å². The first-order chi connectivity index (χ1) is 4.69. The molecule has 0 atom stereocenters. The quantitative estimate of drug-likeness (QED) is 0.616. The Hall–Kier alpha value is 1.23. The Balaban J connectivity index is 4.60. The number of hydrogen-bond donors (Lipinski definition) is 0. The van der Waals surface area contributed by atoms with E-state index in [-0.39, 0.29) is 0 Å². The van der Waals surface area contributed by atoms with Gasteiger partial charge in [-0.2, -0.15) is 5.26 Å². The van der Waals surface area contributed by atoms with Gasteiger partial charge in [0.25, 0.3) is 0 Å². The Labute approximate surface area is 94.0 Å². The molecule has 0 saturated carbocycles. The van der Waals surface area contributed by atoms with Crippen LogP contribution in [0.1, 0.15) is 0 Å². The topological polar surface area (TPSA) is 23.8 Å². The highest BCUT2D eigenvalue weighted by Crippen LogP contribution is 2.47. The number of hydrogen-bond acceptors (Lipinski definition) is 1.